The molecule has 2 N–H and O–H groups in total. The number of alkyl halides is 3. The Bertz CT molecular complexity index is 1400. The molecule has 2 aromatic rings. The Hall–Kier alpha value is -3.83. The minimum Gasteiger partial charge on any atom is -0.475 e. The van der Waals surface area contributed by atoms with Gasteiger partial charge in [0.15, 0.2) is 10.8 Å². The number of nitriles is 1. The van der Waals surface area contributed by atoms with Crippen LogP contribution in [0.15, 0.2) is 29.4 Å². The van der Waals surface area contributed by atoms with Crippen molar-refractivity contribution in [1.82, 2.24) is 4.98 Å². The second kappa shape index (κ2) is 11.3. The highest BCUT2D eigenvalue weighted by atomic mass is 32.1. The number of nitrogens with one attached hydrogen (secondary N) is 1. The summed E-state index contributed by atoms with van der Waals surface area (Å²) in [6.07, 6.45) is -1.92. The van der Waals surface area contributed by atoms with Gasteiger partial charge in [0.05, 0.1) is 35.3 Å². The van der Waals surface area contributed by atoms with Crippen LogP contribution in [0.3, 0.4) is 0 Å². The van der Waals surface area contributed by atoms with Gasteiger partial charge in [-0.15, -0.1) is 0 Å². The van der Waals surface area contributed by atoms with Crippen molar-refractivity contribution in [2.24, 2.45) is 4.99 Å². The van der Waals surface area contributed by atoms with Crippen molar-refractivity contribution in [3.8, 4) is 6.07 Å². The van der Waals surface area contributed by atoms with Crippen LogP contribution in [0, 0.1) is 17.1 Å². The molecule has 1 saturated carbocycles. The number of rotatable bonds is 8. The number of anilines is 3. The number of thiocarbonyl (C=S) groups is 1. The van der Waals surface area contributed by atoms with Crippen LogP contribution in [-0.2, 0) is 15.7 Å². The number of amides is 1. The minimum absolute atomic E-state index is 0.0682. The van der Waals surface area contributed by atoms with Gasteiger partial charge in [-0.2, -0.15) is 18.4 Å². The second-order valence-corrected chi connectivity index (χ2v) is 9.57. The minimum atomic E-state index is -4.89. The molecule has 4 rings (SSSR count). The van der Waals surface area contributed by atoms with E-state index in [1.807, 2.05) is 6.92 Å². The number of aliphatic hydroxyl groups excluding tert-OH is 1. The molecule has 2 heterocycles. The van der Waals surface area contributed by atoms with E-state index >= 15 is 4.39 Å². The van der Waals surface area contributed by atoms with Crippen LogP contribution in [0.4, 0.5) is 34.6 Å². The molecule has 2 aliphatic rings. The molecule has 212 valence electrons. The van der Waals surface area contributed by atoms with Gasteiger partial charge >= 0.3 is 6.18 Å². The third-order valence-electron chi connectivity index (χ3n) is 6.76. The van der Waals surface area contributed by atoms with Crippen LogP contribution in [0.25, 0.3) is 0 Å². The molecule has 1 aromatic carbocycles. The zero-order valence-electron chi connectivity index (χ0n) is 21.7. The summed E-state index contributed by atoms with van der Waals surface area (Å²) in [4.78, 5) is 24.2. The third-order valence-corrected chi connectivity index (χ3v) is 7.12. The fourth-order valence-corrected chi connectivity index (χ4v) is 5.27. The fraction of sp³-hybridized carbons (Fsp3) is 0.423. The molecule has 0 bridgehead atoms. The topological polar surface area (TPSA) is 114 Å². The van der Waals surface area contributed by atoms with Gasteiger partial charge in [0.2, 0.25) is 5.90 Å². The monoisotopic (exact) mass is 578 g/mol. The standard InChI is InChI=1S/C26H26F4N6O3S/c1-3-7-33-22(39-9-8-37)17-10-15(12-19(27)21(17)32-2)36-24(40)35(23(38)25(36)5-4-6-25)16-11-18(26(28,29)30)20(13-31)34-14-16/h10-12,14,32,37H,3-9H2,1-2H3/b33-22+. The van der Waals surface area contributed by atoms with E-state index in [0.717, 1.165) is 11.1 Å². The molecule has 1 aliphatic carbocycles. The zero-order valence-corrected chi connectivity index (χ0v) is 22.5. The lowest BCUT2D eigenvalue weighted by Crippen LogP contribution is -2.55. The van der Waals surface area contributed by atoms with Crippen LogP contribution in [-0.4, -0.2) is 59.4 Å². The molecule has 40 heavy (non-hydrogen) atoms. The Kier molecular flexibility index (Phi) is 8.27. The largest absolute Gasteiger partial charge is 0.475 e. The molecule has 0 radical (unpaired) electrons. The summed E-state index contributed by atoms with van der Waals surface area (Å²) in [6.45, 7) is 1.86. The zero-order chi connectivity index (χ0) is 29.2. The van der Waals surface area contributed by atoms with Crippen LogP contribution >= 0.6 is 12.2 Å². The van der Waals surface area contributed by atoms with Gasteiger partial charge in [-0.1, -0.05) is 6.92 Å². The summed E-state index contributed by atoms with van der Waals surface area (Å²) in [6, 6.07) is 4.81. The Balaban J connectivity index is 1.86. The van der Waals surface area contributed by atoms with Gasteiger partial charge in [-0.05, 0) is 56.1 Å². The van der Waals surface area contributed by atoms with E-state index in [1.54, 1.807) is 6.07 Å². The summed E-state index contributed by atoms with van der Waals surface area (Å²) >= 11 is 5.63. The fourth-order valence-electron chi connectivity index (χ4n) is 4.80. The molecule has 1 spiro atoms. The highest BCUT2D eigenvalue weighted by molar-refractivity contribution is 7.81. The van der Waals surface area contributed by atoms with E-state index in [1.165, 1.54) is 24.1 Å². The molecule has 0 atom stereocenters. The third kappa shape index (κ3) is 4.95. The molecule has 1 aromatic heterocycles. The van der Waals surface area contributed by atoms with Crippen molar-refractivity contribution in [3.05, 3.63) is 47.0 Å². The predicted octanol–water partition coefficient (Wildman–Crippen LogP) is 4.38. The average molecular weight is 579 g/mol. The Morgan fingerprint density at radius 2 is 2.05 bits per heavy atom. The summed E-state index contributed by atoms with van der Waals surface area (Å²) < 4.78 is 62.1. The summed E-state index contributed by atoms with van der Waals surface area (Å²) in [5, 5.41) is 21.0. The lowest BCUT2D eigenvalue weighted by Gasteiger charge is -2.43. The Morgan fingerprint density at radius 1 is 1.32 bits per heavy atom. The highest BCUT2D eigenvalue weighted by Gasteiger charge is 2.60. The maximum Gasteiger partial charge on any atom is 0.419 e. The smallest absolute Gasteiger partial charge is 0.419 e. The number of pyridine rings is 1. The number of hydrogen-bond donors (Lipinski definition) is 2. The first-order valence-electron chi connectivity index (χ1n) is 12.5. The van der Waals surface area contributed by atoms with Crippen molar-refractivity contribution in [2.75, 3.05) is 41.9 Å². The van der Waals surface area contributed by atoms with Gasteiger partial charge in [0.25, 0.3) is 5.91 Å². The number of carbonyl (C=O) groups is 1. The molecular formula is C26H26F4N6O3S. The van der Waals surface area contributed by atoms with E-state index in [9.17, 15) is 23.1 Å². The Labute approximate surface area is 233 Å². The van der Waals surface area contributed by atoms with Gasteiger partial charge in [-0.25, -0.2) is 9.37 Å². The van der Waals surface area contributed by atoms with Crippen molar-refractivity contribution < 1.29 is 32.2 Å². The van der Waals surface area contributed by atoms with E-state index < -0.39 is 34.7 Å². The first kappa shape index (κ1) is 29.2. The normalized spacial score (nSPS) is 16.8. The van der Waals surface area contributed by atoms with Crippen LogP contribution in [0.5, 0.6) is 0 Å². The molecular weight excluding hydrogens is 552 g/mol. The van der Waals surface area contributed by atoms with E-state index in [-0.39, 0.29) is 46.8 Å². The van der Waals surface area contributed by atoms with Gasteiger partial charge in [-0.3, -0.25) is 14.7 Å². The number of hydrogen-bond acceptors (Lipinski definition) is 8. The number of aromatic nitrogens is 1. The predicted molar refractivity (Wildman–Crippen MR) is 144 cm³/mol. The van der Waals surface area contributed by atoms with E-state index in [4.69, 9.17) is 22.2 Å². The van der Waals surface area contributed by atoms with Gasteiger partial charge < -0.3 is 20.1 Å². The molecule has 2 fully saturated rings. The molecule has 14 heteroatoms. The number of ether oxygens (including phenoxy) is 1. The molecule has 0 unspecified atom stereocenters. The van der Waals surface area contributed by atoms with Crippen molar-refractivity contribution >= 4 is 46.2 Å². The molecule has 1 aliphatic heterocycles. The number of halogens is 4. The number of carbonyl (C=O) groups excluding carboxylic acids is 1. The summed E-state index contributed by atoms with van der Waals surface area (Å²) in [5.74, 6) is -1.20. The summed E-state index contributed by atoms with van der Waals surface area (Å²) in [7, 11) is 1.51. The number of nitrogens with zero attached hydrogens (tertiary/aromatic N) is 5. The highest BCUT2D eigenvalue weighted by Crippen LogP contribution is 2.49. The maximum absolute atomic E-state index is 15.5. The van der Waals surface area contributed by atoms with Crippen molar-refractivity contribution in [1.29, 1.82) is 5.26 Å². The maximum atomic E-state index is 15.5. The number of benzene rings is 1. The van der Waals surface area contributed by atoms with E-state index in [0.29, 0.717) is 38.3 Å². The number of aliphatic imine (C=N–C) groups is 1. The van der Waals surface area contributed by atoms with Crippen LogP contribution in [0.2, 0.25) is 0 Å². The quantitative estimate of drug-likeness (QED) is 0.205. The SMILES string of the molecule is CCC/N=C(/OCCO)c1cc(N2C(=S)N(c3cnc(C#N)c(C(F)(F)F)c3)C(=O)C23CCC3)cc(F)c1NC. The number of aliphatic hydroxyl groups is 1. The average Bonchev–Trinajstić information content (AvgIpc) is 3.14. The molecule has 1 amide bonds. The lowest BCUT2D eigenvalue weighted by molar-refractivity contribution is -0.138. The van der Waals surface area contributed by atoms with Gasteiger partial charge in [0, 0.05) is 19.3 Å². The summed E-state index contributed by atoms with van der Waals surface area (Å²) in [5.41, 5.74) is -3.14. The van der Waals surface area contributed by atoms with Crippen molar-refractivity contribution in [3.63, 3.8) is 0 Å². The van der Waals surface area contributed by atoms with Crippen LogP contribution in [0.1, 0.15) is 49.4 Å². The second-order valence-electron chi connectivity index (χ2n) is 9.20. The van der Waals surface area contributed by atoms with Crippen molar-refractivity contribution in [2.45, 2.75) is 44.3 Å². The van der Waals surface area contributed by atoms with Crippen LogP contribution < -0.4 is 15.1 Å². The first-order chi connectivity index (χ1) is 19.0. The molecule has 9 nitrogen and oxygen atoms in total. The van der Waals surface area contributed by atoms with E-state index in [2.05, 4.69) is 15.3 Å². The first-order valence-corrected chi connectivity index (χ1v) is 12.9. The molecule has 1 saturated heterocycles. The lowest BCUT2D eigenvalue weighted by atomic mass is 9.75. The Morgan fingerprint density at radius 3 is 2.60 bits per heavy atom. The van der Waals surface area contributed by atoms with Gasteiger partial charge in [0.1, 0.15) is 24.0 Å².